The molecule has 13 heavy (non-hydrogen) atoms. The molecule has 0 saturated carbocycles. The van der Waals surface area contributed by atoms with Crippen molar-refractivity contribution < 1.29 is 4.74 Å². The summed E-state index contributed by atoms with van der Waals surface area (Å²) in [6.45, 7) is 0.213. The Labute approximate surface area is 91.5 Å². The van der Waals surface area contributed by atoms with E-state index in [0.717, 1.165) is 0 Å². The Balaban J connectivity index is 2.70. The molecule has 0 heterocycles. The molecule has 0 spiro atoms. The number of hydrogen-bond acceptors (Lipinski definition) is 1. The van der Waals surface area contributed by atoms with Crippen LogP contribution < -0.4 is 4.74 Å². The highest BCUT2D eigenvalue weighted by molar-refractivity contribution is 6.35. The lowest BCUT2D eigenvalue weighted by atomic mass is 10.3. The zero-order valence-electron chi connectivity index (χ0n) is 6.48. The van der Waals surface area contributed by atoms with Crippen LogP contribution in [0.25, 0.3) is 0 Å². The van der Waals surface area contributed by atoms with E-state index in [9.17, 15) is 0 Å². The predicted molar refractivity (Wildman–Crippen MR) is 55.6 cm³/mol. The largest absolute Gasteiger partial charge is 0.479 e. The first kappa shape index (κ1) is 10.5. The van der Waals surface area contributed by atoms with Crippen LogP contribution in [-0.2, 0) is 0 Å². The Hall–Kier alpha value is -0.550. The van der Waals surface area contributed by atoms with Crippen LogP contribution in [0, 0.1) is 11.3 Å². The van der Waals surface area contributed by atoms with E-state index in [1.165, 1.54) is 0 Å². The van der Waals surface area contributed by atoms with Crippen molar-refractivity contribution in [1.29, 1.82) is 0 Å². The van der Waals surface area contributed by atoms with Crippen LogP contribution in [0.3, 0.4) is 0 Å². The summed E-state index contributed by atoms with van der Waals surface area (Å²) < 4.78 is 5.18. The lowest BCUT2D eigenvalue weighted by molar-refractivity contribution is 0.370. The van der Waals surface area contributed by atoms with E-state index >= 15 is 0 Å². The summed E-state index contributed by atoms with van der Waals surface area (Å²) in [7, 11) is 0. The van der Waals surface area contributed by atoms with Gasteiger partial charge in [-0.05, 0) is 35.7 Å². The topological polar surface area (TPSA) is 9.23 Å². The van der Waals surface area contributed by atoms with Gasteiger partial charge in [0.25, 0.3) is 0 Å². The molecule has 0 aliphatic carbocycles. The first-order chi connectivity index (χ1) is 6.24. The zero-order valence-corrected chi connectivity index (χ0v) is 8.75. The molecule has 0 radical (unpaired) electrons. The standard InChI is InChI=1S/C9H5Cl3O/c10-4-1-5-13-9-3-2-7(11)6-8(9)12/h2-3,6H,5H2. The molecule has 0 unspecified atom stereocenters. The van der Waals surface area contributed by atoms with Crippen LogP contribution >= 0.6 is 34.8 Å². The van der Waals surface area contributed by atoms with Crippen molar-refractivity contribution >= 4 is 34.8 Å². The average Bonchev–Trinajstić information content (AvgIpc) is 2.09. The fourth-order valence-electron chi connectivity index (χ4n) is 0.733. The SMILES string of the molecule is ClC#CCOc1ccc(Cl)cc1Cl. The summed E-state index contributed by atoms with van der Waals surface area (Å²) in [6.07, 6.45) is 0. The van der Waals surface area contributed by atoms with Gasteiger partial charge in [0, 0.05) is 10.4 Å². The highest BCUT2D eigenvalue weighted by Gasteiger charge is 2.00. The van der Waals surface area contributed by atoms with E-state index in [1.54, 1.807) is 18.2 Å². The Kier molecular flexibility index (Phi) is 4.24. The Bertz CT molecular complexity index is 352. The quantitative estimate of drug-likeness (QED) is 0.712. The molecule has 0 atom stereocenters. The Morgan fingerprint density at radius 3 is 2.69 bits per heavy atom. The molecule has 4 heteroatoms. The maximum atomic E-state index is 5.82. The molecular formula is C9H5Cl3O. The lowest BCUT2D eigenvalue weighted by Crippen LogP contribution is -1.93. The predicted octanol–water partition coefficient (Wildman–Crippen LogP) is 3.57. The minimum Gasteiger partial charge on any atom is -0.479 e. The molecule has 0 aliphatic heterocycles. The van der Waals surface area contributed by atoms with Crippen LogP contribution in [0.1, 0.15) is 0 Å². The van der Waals surface area contributed by atoms with Crippen LogP contribution in [0.15, 0.2) is 18.2 Å². The van der Waals surface area contributed by atoms with Gasteiger partial charge in [0.15, 0.2) is 0 Å². The van der Waals surface area contributed by atoms with Gasteiger partial charge in [0.1, 0.15) is 12.4 Å². The van der Waals surface area contributed by atoms with Crippen LogP contribution in [0.2, 0.25) is 10.0 Å². The first-order valence-electron chi connectivity index (χ1n) is 3.40. The van der Waals surface area contributed by atoms with Gasteiger partial charge in [0.05, 0.1) is 5.02 Å². The van der Waals surface area contributed by atoms with Crippen molar-refractivity contribution in [3.05, 3.63) is 28.2 Å². The first-order valence-corrected chi connectivity index (χ1v) is 4.54. The summed E-state index contributed by atoms with van der Waals surface area (Å²) in [4.78, 5) is 0. The maximum absolute atomic E-state index is 5.82. The van der Waals surface area contributed by atoms with E-state index in [4.69, 9.17) is 39.5 Å². The fraction of sp³-hybridized carbons (Fsp3) is 0.111. The number of ether oxygens (including phenoxy) is 1. The third-order valence-corrected chi connectivity index (χ3v) is 1.92. The summed E-state index contributed by atoms with van der Waals surface area (Å²) >= 11 is 16.6. The second kappa shape index (κ2) is 5.24. The smallest absolute Gasteiger partial charge is 0.150 e. The maximum Gasteiger partial charge on any atom is 0.150 e. The number of rotatable bonds is 2. The molecule has 1 nitrogen and oxygen atoms in total. The minimum atomic E-state index is 0.213. The molecule has 0 bridgehead atoms. The molecule has 1 aromatic carbocycles. The highest BCUT2D eigenvalue weighted by Crippen LogP contribution is 2.27. The van der Waals surface area contributed by atoms with Gasteiger partial charge in [-0.2, -0.15) is 0 Å². The monoisotopic (exact) mass is 234 g/mol. The van der Waals surface area contributed by atoms with Gasteiger partial charge in [0.2, 0.25) is 0 Å². The molecule has 1 aromatic rings. The second-order valence-electron chi connectivity index (χ2n) is 2.13. The van der Waals surface area contributed by atoms with Crippen LogP contribution in [-0.4, -0.2) is 6.61 Å². The van der Waals surface area contributed by atoms with Gasteiger partial charge in [-0.15, -0.1) is 0 Å². The minimum absolute atomic E-state index is 0.213. The molecule has 0 saturated heterocycles. The zero-order chi connectivity index (χ0) is 9.68. The van der Waals surface area contributed by atoms with Gasteiger partial charge < -0.3 is 4.74 Å². The number of hydrogen-bond donors (Lipinski definition) is 0. The molecule has 1 rings (SSSR count). The second-order valence-corrected chi connectivity index (χ2v) is 3.17. The van der Waals surface area contributed by atoms with Crippen molar-refractivity contribution in [3.8, 4) is 17.0 Å². The number of halogens is 3. The lowest BCUT2D eigenvalue weighted by Gasteiger charge is -2.03. The summed E-state index contributed by atoms with van der Waals surface area (Å²) in [5.74, 6) is 3.09. The van der Waals surface area contributed by atoms with E-state index in [0.29, 0.717) is 15.8 Å². The van der Waals surface area contributed by atoms with Crippen molar-refractivity contribution in [3.63, 3.8) is 0 Å². The average molecular weight is 235 g/mol. The fourth-order valence-corrected chi connectivity index (χ4v) is 1.25. The van der Waals surface area contributed by atoms with Crippen molar-refractivity contribution in [2.45, 2.75) is 0 Å². The van der Waals surface area contributed by atoms with E-state index < -0.39 is 0 Å². The summed E-state index contributed by atoms with van der Waals surface area (Å²) in [6, 6.07) is 4.98. The molecule has 0 aliphatic rings. The normalized spacial score (nSPS) is 8.85. The van der Waals surface area contributed by atoms with Crippen LogP contribution in [0.5, 0.6) is 5.75 Å². The Morgan fingerprint density at radius 1 is 1.31 bits per heavy atom. The molecule has 68 valence electrons. The van der Waals surface area contributed by atoms with Gasteiger partial charge in [-0.1, -0.05) is 23.2 Å². The van der Waals surface area contributed by atoms with Gasteiger partial charge >= 0.3 is 0 Å². The van der Waals surface area contributed by atoms with Gasteiger partial charge in [-0.3, -0.25) is 0 Å². The van der Waals surface area contributed by atoms with E-state index in [2.05, 4.69) is 11.3 Å². The third kappa shape index (κ3) is 3.36. The highest BCUT2D eigenvalue weighted by atomic mass is 35.5. The molecule has 0 fully saturated rings. The van der Waals surface area contributed by atoms with E-state index in [1.807, 2.05) is 0 Å². The molecule has 0 N–H and O–H groups in total. The van der Waals surface area contributed by atoms with Crippen molar-refractivity contribution in [1.82, 2.24) is 0 Å². The summed E-state index contributed by atoms with van der Waals surface area (Å²) in [5, 5.41) is 3.23. The summed E-state index contributed by atoms with van der Waals surface area (Å²) in [5.41, 5.74) is 0. The number of benzene rings is 1. The third-order valence-electron chi connectivity index (χ3n) is 1.26. The molecule has 0 amide bonds. The molecular weight excluding hydrogens is 230 g/mol. The molecule has 0 aromatic heterocycles. The van der Waals surface area contributed by atoms with Gasteiger partial charge in [-0.25, -0.2) is 0 Å². The Morgan fingerprint density at radius 2 is 2.08 bits per heavy atom. The van der Waals surface area contributed by atoms with Crippen molar-refractivity contribution in [2.75, 3.05) is 6.61 Å². The van der Waals surface area contributed by atoms with Crippen LogP contribution in [0.4, 0.5) is 0 Å². The van der Waals surface area contributed by atoms with Crippen molar-refractivity contribution in [2.24, 2.45) is 0 Å². The van der Waals surface area contributed by atoms with E-state index in [-0.39, 0.29) is 6.61 Å².